The van der Waals surface area contributed by atoms with Gasteiger partial charge in [-0.1, -0.05) is 87.1 Å². The molecule has 0 bridgehead atoms. The van der Waals surface area contributed by atoms with E-state index in [1.807, 2.05) is 12.1 Å². The minimum atomic E-state index is 0.803. The van der Waals surface area contributed by atoms with E-state index < -0.39 is 0 Å². The summed E-state index contributed by atoms with van der Waals surface area (Å²) in [6.45, 7) is 1.64. The van der Waals surface area contributed by atoms with Gasteiger partial charge in [-0.25, -0.2) is 0 Å². The van der Waals surface area contributed by atoms with E-state index in [-0.39, 0.29) is 0 Å². The van der Waals surface area contributed by atoms with Crippen LogP contribution < -0.4 is 10.5 Å². The van der Waals surface area contributed by atoms with Gasteiger partial charge in [0, 0.05) is 5.56 Å². The molecule has 0 amide bonds. The Morgan fingerprint density at radius 3 is 1.92 bits per heavy atom. The molecule has 2 heteroatoms. The lowest BCUT2D eigenvalue weighted by molar-refractivity contribution is 0.305. The van der Waals surface area contributed by atoms with E-state index in [1.165, 1.54) is 56.1 Å². The first-order chi connectivity index (χ1) is 11.9. The van der Waals surface area contributed by atoms with E-state index in [2.05, 4.69) is 42.5 Å². The molecule has 0 aliphatic carbocycles. The highest BCUT2D eigenvalue weighted by Crippen LogP contribution is 2.29. The molecule has 24 heavy (non-hydrogen) atoms. The molecule has 2 nitrogen and oxygen atoms in total. The Balaban J connectivity index is 1.65. The third-order valence-corrected chi connectivity index (χ3v) is 4.33. The fourth-order valence-electron chi connectivity index (χ4n) is 2.94. The Labute approximate surface area is 147 Å². The number of unbranched alkanes of at least 4 members (excludes halogenated alkanes) is 7. The largest absolute Gasteiger partial charge is 0.493 e. The van der Waals surface area contributed by atoms with Crippen LogP contribution in [0.5, 0.6) is 5.75 Å². The van der Waals surface area contributed by atoms with Crippen LogP contribution in [0.2, 0.25) is 0 Å². The first-order valence-corrected chi connectivity index (χ1v) is 9.39. The highest BCUT2D eigenvalue weighted by Gasteiger charge is 2.04. The van der Waals surface area contributed by atoms with Crippen LogP contribution in [0.15, 0.2) is 54.6 Å². The monoisotopic (exact) mass is 325 g/mol. The lowest BCUT2D eigenvalue weighted by Gasteiger charge is -2.11. The van der Waals surface area contributed by atoms with Gasteiger partial charge in [0.05, 0.1) is 6.61 Å². The molecule has 0 saturated heterocycles. The van der Waals surface area contributed by atoms with Gasteiger partial charge >= 0.3 is 0 Å². The summed E-state index contributed by atoms with van der Waals surface area (Å²) in [5, 5.41) is 0. The molecule has 0 radical (unpaired) electrons. The summed E-state index contributed by atoms with van der Waals surface area (Å²) in [6.07, 6.45) is 10.2. The van der Waals surface area contributed by atoms with Crippen molar-refractivity contribution >= 4 is 0 Å². The maximum absolute atomic E-state index is 6.04. The molecule has 0 aliphatic rings. The number of para-hydroxylation sites is 1. The summed E-state index contributed by atoms with van der Waals surface area (Å²) in [7, 11) is 0. The standard InChI is InChI=1S/C22H31NO/c23-18-12-5-3-1-2-4-6-13-19-24-22-17-11-10-16-21(22)20-14-8-7-9-15-20/h7-11,14-17H,1-6,12-13,18-19,23H2. The zero-order chi connectivity index (χ0) is 16.9. The zero-order valence-corrected chi connectivity index (χ0v) is 14.8. The number of hydrogen-bond acceptors (Lipinski definition) is 2. The van der Waals surface area contributed by atoms with Crippen LogP contribution in [0.4, 0.5) is 0 Å². The predicted octanol–water partition coefficient (Wildman–Crippen LogP) is 5.81. The number of ether oxygens (including phenoxy) is 1. The molecular weight excluding hydrogens is 294 g/mol. The van der Waals surface area contributed by atoms with E-state index in [0.717, 1.165) is 25.3 Å². The maximum Gasteiger partial charge on any atom is 0.127 e. The second-order valence-corrected chi connectivity index (χ2v) is 6.33. The second-order valence-electron chi connectivity index (χ2n) is 6.33. The maximum atomic E-state index is 6.04. The SMILES string of the molecule is NCCCCCCCCCCOc1ccccc1-c1ccccc1. The van der Waals surface area contributed by atoms with Crippen molar-refractivity contribution in [2.45, 2.75) is 51.4 Å². The molecule has 0 heterocycles. The Morgan fingerprint density at radius 2 is 1.21 bits per heavy atom. The highest BCUT2D eigenvalue weighted by atomic mass is 16.5. The minimum absolute atomic E-state index is 0.803. The summed E-state index contributed by atoms with van der Waals surface area (Å²) >= 11 is 0. The molecule has 2 aromatic carbocycles. The molecule has 0 spiro atoms. The van der Waals surface area contributed by atoms with E-state index in [9.17, 15) is 0 Å². The van der Waals surface area contributed by atoms with E-state index in [1.54, 1.807) is 0 Å². The second kappa shape index (κ2) is 11.7. The van der Waals surface area contributed by atoms with Crippen LogP contribution >= 0.6 is 0 Å². The van der Waals surface area contributed by atoms with Crippen LogP contribution in [-0.4, -0.2) is 13.2 Å². The summed E-state index contributed by atoms with van der Waals surface area (Å²) in [4.78, 5) is 0. The third-order valence-electron chi connectivity index (χ3n) is 4.33. The number of benzene rings is 2. The molecule has 0 fully saturated rings. The Kier molecular flexibility index (Phi) is 9.03. The number of nitrogens with two attached hydrogens (primary N) is 1. The lowest BCUT2D eigenvalue weighted by atomic mass is 10.0. The van der Waals surface area contributed by atoms with Crippen LogP contribution in [0.1, 0.15) is 51.4 Å². The quantitative estimate of drug-likeness (QED) is 0.500. The van der Waals surface area contributed by atoms with Crippen LogP contribution in [0.25, 0.3) is 11.1 Å². The molecule has 0 aliphatic heterocycles. The van der Waals surface area contributed by atoms with Crippen LogP contribution in [0, 0.1) is 0 Å². The minimum Gasteiger partial charge on any atom is -0.493 e. The van der Waals surface area contributed by atoms with Crippen molar-refractivity contribution in [2.24, 2.45) is 5.73 Å². The summed E-state index contributed by atoms with van der Waals surface area (Å²) in [5.74, 6) is 0.991. The van der Waals surface area contributed by atoms with Crippen molar-refractivity contribution in [3.63, 3.8) is 0 Å². The van der Waals surface area contributed by atoms with E-state index in [0.29, 0.717) is 0 Å². The Bertz CT molecular complexity index is 553. The van der Waals surface area contributed by atoms with E-state index >= 15 is 0 Å². The van der Waals surface area contributed by atoms with Gasteiger partial charge in [-0.15, -0.1) is 0 Å². The molecule has 2 rings (SSSR count). The molecule has 0 atom stereocenters. The molecule has 0 saturated carbocycles. The van der Waals surface area contributed by atoms with Crippen molar-refractivity contribution < 1.29 is 4.74 Å². The third kappa shape index (κ3) is 6.76. The van der Waals surface area contributed by atoms with Gasteiger partial charge < -0.3 is 10.5 Å². The Hall–Kier alpha value is -1.80. The van der Waals surface area contributed by atoms with Gasteiger partial charge in [0.2, 0.25) is 0 Å². The van der Waals surface area contributed by atoms with Crippen molar-refractivity contribution in [3.05, 3.63) is 54.6 Å². The summed E-state index contributed by atoms with van der Waals surface area (Å²) in [5.41, 5.74) is 7.90. The van der Waals surface area contributed by atoms with Crippen molar-refractivity contribution in [3.8, 4) is 16.9 Å². The number of hydrogen-bond donors (Lipinski definition) is 1. The average Bonchev–Trinajstić information content (AvgIpc) is 2.64. The lowest BCUT2D eigenvalue weighted by Crippen LogP contribution is -1.99. The van der Waals surface area contributed by atoms with Gasteiger partial charge in [0.25, 0.3) is 0 Å². The molecular formula is C22H31NO. The average molecular weight is 325 g/mol. The molecule has 0 unspecified atom stereocenters. The summed E-state index contributed by atoms with van der Waals surface area (Å²) in [6, 6.07) is 18.8. The van der Waals surface area contributed by atoms with Gasteiger partial charge in [-0.05, 0) is 31.0 Å². The molecule has 130 valence electrons. The Morgan fingerprint density at radius 1 is 0.625 bits per heavy atom. The van der Waals surface area contributed by atoms with Gasteiger partial charge in [0.1, 0.15) is 5.75 Å². The number of rotatable bonds is 12. The fourth-order valence-corrected chi connectivity index (χ4v) is 2.94. The molecule has 2 aromatic rings. The zero-order valence-electron chi connectivity index (χ0n) is 14.8. The topological polar surface area (TPSA) is 35.2 Å². The predicted molar refractivity (Wildman–Crippen MR) is 103 cm³/mol. The van der Waals surface area contributed by atoms with Crippen LogP contribution in [0.3, 0.4) is 0 Å². The first-order valence-electron chi connectivity index (χ1n) is 9.39. The first kappa shape index (κ1) is 18.5. The summed E-state index contributed by atoms with van der Waals surface area (Å²) < 4.78 is 6.04. The van der Waals surface area contributed by atoms with Crippen molar-refractivity contribution in [2.75, 3.05) is 13.2 Å². The van der Waals surface area contributed by atoms with Gasteiger partial charge in [0.15, 0.2) is 0 Å². The van der Waals surface area contributed by atoms with Gasteiger partial charge in [-0.3, -0.25) is 0 Å². The van der Waals surface area contributed by atoms with E-state index in [4.69, 9.17) is 10.5 Å². The fraction of sp³-hybridized carbons (Fsp3) is 0.455. The highest BCUT2D eigenvalue weighted by molar-refractivity contribution is 5.70. The van der Waals surface area contributed by atoms with Gasteiger partial charge in [-0.2, -0.15) is 0 Å². The van der Waals surface area contributed by atoms with Crippen molar-refractivity contribution in [1.82, 2.24) is 0 Å². The molecule has 0 aromatic heterocycles. The van der Waals surface area contributed by atoms with Crippen molar-refractivity contribution in [1.29, 1.82) is 0 Å². The van der Waals surface area contributed by atoms with Crippen LogP contribution in [-0.2, 0) is 0 Å². The normalized spacial score (nSPS) is 10.7. The smallest absolute Gasteiger partial charge is 0.127 e. The molecule has 2 N–H and O–H groups in total.